The molecule has 4 heteroatoms. The molecule has 25 heavy (non-hydrogen) atoms. The fraction of sp³-hybridized carbons (Fsp3) is 0.667. The third kappa shape index (κ3) is 2.61. The number of carbonyl (C=O) groups is 1. The van der Waals surface area contributed by atoms with Crippen molar-refractivity contribution in [2.75, 3.05) is 14.1 Å². The van der Waals surface area contributed by atoms with Crippen molar-refractivity contribution < 1.29 is 19.1 Å². The predicted molar refractivity (Wildman–Crippen MR) is 95.7 cm³/mol. The Hall–Kier alpha value is -1.39. The summed E-state index contributed by atoms with van der Waals surface area (Å²) in [5.41, 5.74) is -0.819. The number of likely N-dealkylation sites (N-methyl/N-ethyl adjacent to an activating group) is 1. The number of aliphatic hydroxyl groups is 1. The molecule has 1 aromatic carbocycles. The number of nitrogens with zero attached hydrogens (tertiary/aromatic N) is 1. The lowest BCUT2D eigenvalue weighted by molar-refractivity contribution is -0.913. The van der Waals surface area contributed by atoms with E-state index in [2.05, 4.69) is 14.1 Å². The molecule has 0 radical (unpaired) electrons. The van der Waals surface area contributed by atoms with Crippen LogP contribution in [0.4, 0.5) is 0 Å². The molecule has 136 valence electrons. The molecule has 3 aliphatic rings. The molecule has 1 aliphatic carbocycles. The summed E-state index contributed by atoms with van der Waals surface area (Å²) >= 11 is 0. The molecule has 2 saturated heterocycles. The molecule has 4 atom stereocenters. The van der Waals surface area contributed by atoms with Crippen molar-refractivity contribution >= 4 is 5.97 Å². The lowest BCUT2D eigenvalue weighted by Crippen LogP contribution is -2.49. The number of fused-ring (bicyclic) bond motifs is 2. The molecule has 2 heterocycles. The normalized spacial score (nSPS) is 33.3. The van der Waals surface area contributed by atoms with Gasteiger partial charge in [0.05, 0.1) is 20.1 Å². The van der Waals surface area contributed by atoms with Gasteiger partial charge in [-0.25, -0.2) is 4.79 Å². The van der Waals surface area contributed by atoms with Crippen molar-refractivity contribution in [1.29, 1.82) is 0 Å². The highest BCUT2D eigenvalue weighted by atomic mass is 16.6. The zero-order valence-corrected chi connectivity index (χ0v) is 15.4. The first kappa shape index (κ1) is 17.0. The van der Waals surface area contributed by atoms with Crippen LogP contribution >= 0.6 is 0 Å². The van der Waals surface area contributed by atoms with E-state index in [9.17, 15) is 9.90 Å². The fourth-order valence-electron chi connectivity index (χ4n) is 5.64. The molecule has 0 aromatic heterocycles. The first-order chi connectivity index (χ1) is 11.9. The SMILES string of the molecule is C[N+]1(C)C2CC[C@@H]1[C@H](OC(=O)C(O)(c1ccccc1)C1CCCC1)C2. The van der Waals surface area contributed by atoms with Crippen LogP contribution in [0.25, 0.3) is 0 Å². The van der Waals surface area contributed by atoms with Crippen LogP contribution < -0.4 is 0 Å². The van der Waals surface area contributed by atoms with Crippen LogP contribution in [0, 0.1) is 5.92 Å². The summed E-state index contributed by atoms with van der Waals surface area (Å²) in [6, 6.07) is 10.4. The van der Waals surface area contributed by atoms with Crippen molar-refractivity contribution in [1.82, 2.24) is 0 Å². The van der Waals surface area contributed by atoms with Gasteiger partial charge in [-0.15, -0.1) is 0 Å². The number of hydrogen-bond donors (Lipinski definition) is 1. The summed E-state index contributed by atoms with van der Waals surface area (Å²) in [7, 11) is 4.49. The Morgan fingerprint density at radius 1 is 1.12 bits per heavy atom. The first-order valence-corrected chi connectivity index (χ1v) is 9.76. The van der Waals surface area contributed by atoms with Gasteiger partial charge < -0.3 is 14.3 Å². The van der Waals surface area contributed by atoms with Crippen LogP contribution in [0.15, 0.2) is 30.3 Å². The molecule has 1 saturated carbocycles. The molecule has 3 fully saturated rings. The number of esters is 1. The maximum Gasteiger partial charge on any atom is 0.343 e. The lowest BCUT2D eigenvalue weighted by Gasteiger charge is -2.35. The van der Waals surface area contributed by atoms with Gasteiger partial charge in [-0.3, -0.25) is 0 Å². The Kier molecular flexibility index (Phi) is 4.16. The van der Waals surface area contributed by atoms with Gasteiger partial charge in [0.25, 0.3) is 0 Å². The molecule has 2 unspecified atom stereocenters. The van der Waals surface area contributed by atoms with Gasteiger partial charge in [-0.2, -0.15) is 0 Å². The molecular weight excluding hydrogens is 314 g/mol. The maximum absolute atomic E-state index is 13.2. The predicted octanol–water partition coefficient (Wildman–Crippen LogP) is 2.99. The molecule has 4 nitrogen and oxygen atoms in total. The molecule has 0 spiro atoms. The Balaban J connectivity index is 1.59. The van der Waals surface area contributed by atoms with E-state index in [1.165, 1.54) is 6.42 Å². The quantitative estimate of drug-likeness (QED) is 0.675. The first-order valence-electron chi connectivity index (χ1n) is 9.76. The zero-order valence-electron chi connectivity index (χ0n) is 15.4. The van der Waals surface area contributed by atoms with Crippen molar-refractivity contribution in [2.45, 2.75) is 68.7 Å². The van der Waals surface area contributed by atoms with Crippen LogP contribution in [0.5, 0.6) is 0 Å². The van der Waals surface area contributed by atoms with Gasteiger partial charge in [0.15, 0.2) is 11.7 Å². The highest BCUT2D eigenvalue weighted by Gasteiger charge is 2.58. The summed E-state index contributed by atoms with van der Waals surface area (Å²) in [6.45, 7) is 0. The number of ether oxygens (including phenoxy) is 1. The van der Waals surface area contributed by atoms with Crippen LogP contribution in [0.2, 0.25) is 0 Å². The second kappa shape index (κ2) is 6.10. The average molecular weight is 344 g/mol. The summed E-state index contributed by atoms with van der Waals surface area (Å²) < 4.78 is 6.96. The Labute approximate surface area is 150 Å². The second-order valence-electron chi connectivity index (χ2n) is 8.72. The van der Waals surface area contributed by atoms with Crippen molar-refractivity contribution in [2.24, 2.45) is 5.92 Å². The molecule has 1 aromatic rings. The standard InChI is InChI=1S/C21H30NO3/c1-22(2)17-12-13-18(22)19(14-17)25-20(23)21(24,16-10-6-7-11-16)15-8-4-3-5-9-15/h3-5,8-9,16-19,24H,6-7,10-14H2,1-2H3/q+1/t17?,18-,19-,21?/m1/s1. The molecule has 2 bridgehead atoms. The van der Waals surface area contributed by atoms with Crippen LogP contribution in [-0.4, -0.2) is 47.8 Å². The summed E-state index contributed by atoms with van der Waals surface area (Å²) in [5, 5.41) is 11.5. The summed E-state index contributed by atoms with van der Waals surface area (Å²) in [6.07, 6.45) is 7.13. The van der Waals surface area contributed by atoms with Crippen LogP contribution in [-0.2, 0) is 15.1 Å². The van der Waals surface area contributed by atoms with E-state index < -0.39 is 11.6 Å². The van der Waals surface area contributed by atoms with E-state index in [0.717, 1.165) is 43.0 Å². The van der Waals surface area contributed by atoms with Gasteiger partial charge in [-0.1, -0.05) is 43.2 Å². The number of quaternary nitrogens is 1. The van der Waals surface area contributed by atoms with E-state index >= 15 is 0 Å². The summed E-state index contributed by atoms with van der Waals surface area (Å²) in [4.78, 5) is 13.2. The summed E-state index contributed by atoms with van der Waals surface area (Å²) in [5.74, 6) is -0.466. The van der Waals surface area contributed by atoms with Gasteiger partial charge in [0.2, 0.25) is 0 Å². The van der Waals surface area contributed by atoms with Gasteiger partial charge in [0, 0.05) is 25.2 Å². The van der Waals surface area contributed by atoms with Crippen molar-refractivity contribution in [3.8, 4) is 0 Å². The van der Waals surface area contributed by atoms with Gasteiger partial charge in [-0.05, 0) is 18.4 Å². The number of hydrogen-bond acceptors (Lipinski definition) is 3. The maximum atomic E-state index is 13.2. The highest BCUT2D eigenvalue weighted by Crippen LogP contribution is 2.46. The molecule has 2 aliphatic heterocycles. The van der Waals surface area contributed by atoms with Crippen LogP contribution in [0.1, 0.15) is 50.5 Å². The average Bonchev–Trinajstić information content (AvgIpc) is 3.30. The van der Waals surface area contributed by atoms with Crippen LogP contribution in [0.3, 0.4) is 0 Å². The Morgan fingerprint density at radius 2 is 1.80 bits per heavy atom. The fourth-order valence-corrected chi connectivity index (χ4v) is 5.64. The third-order valence-corrected chi connectivity index (χ3v) is 7.25. The molecular formula is C21H30NO3+. The minimum absolute atomic E-state index is 0.0384. The molecule has 1 N–H and O–H groups in total. The monoisotopic (exact) mass is 344 g/mol. The van der Waals surface area contributed by atoms with E-state index in [0.29, 0.717) is 17.6 Å². The Bertz CT molecular complexity index is 638. The molecule has 0 amide bonds. The highest BCUT2D eigenvalue weighted by molar-refractivity contribution is 5.82. The minimum Gasteiger partial charge on any atom is -0.453 e. The minimum atomic E-state index is -1.50. The number of benzene rings is 1. The largest absolute Gasteiger partial charge is 0.453 e. The van der Waals surface area contributed by atoms with Gasteiger partial charge in [0.1, 0.15) is 6.04 Å². The number of carbonyl (C=O) groups excluding carboxylic acids is 1. The van der Waals surface area contributed by atoms with E-state index in [1.807, 2.05) is 30.3 Å². The number of rotatable bonds is 4. The van der Waals surface area contributed by atoms with Crippen molar-refractivity contribution in [3.63, 3.8) is 0 Å². The smallest absolute Gasteiger partial charge is 0.343 e. The van der Waals surface area contributed by atoms with E-state index in [1.54, 1.807) is 0 Å². The van der Waals surface area contributed by atoms with Crippen molar-refractivity contribution in [3.05, 3.63) is 35.9 Å². The van der Waals surface area contributed by atoms with E-state index in [-0.39, 0.29) is 12.0 Å². The van der Waals surface area contributed by atoms with Gasteiger partial charge >= 0.3 is 5.97 Å². The zero-order chi connectivity index (χ0) is 17.7. The topological polar surface area (TPSA) is 46.5 Å². The van der Waals surface area contributed by atoms with E-state index in [4.69, 9.17) is 4.74 Å². The lowest BCUT2D eigenvalue weighted by atomic mass is 9.80. The Morgan fingerprint density at radius 3 is 2.36 bits per heavy atom. The molecule has 4 rings (SSSR count). The third-order valence-electron chi connectivity index (χ3n) is 7.25. The second-order valence-corrected chi connectivity index (χ2v) is 8.72.